The van der Waals surface area contributed by atoms with Crippen molar-refractivity contribution in [3.05, 3.63) is 29.6 Å². The van der Waals surface area contributed by atoms with E-state index in [9.17, 15) is 9.65 Å². The fourth-order valence-electron chi connectivity index (χ4n) is 2.78. The number of nitrogens with one attached hydrogen (secondary N) is 1. The van der Waals surface area contributed by atoms with Crippen LogP contribution in [0.25, 0.3) is 0 Å². The number of nitriles is 1. The van der Waals surface area contributed by atoms with Crippen molar-refractivity contribution in [2.45, 2.75) is 51.2 Å². The second kappa shape index (κ2) is 6.23. The molecule has 1 saturated heterocycles. The Morgan fingerprint density at radius 1 is 1.50 bits per heavy atom. The van der Waals surface area contributed by atoms with E-state index in [-0.39, 0.29) is 11.9 Å². The SMILES string of the molecule is CCCC1CC(C#N)(Nc2cc(C)cc(F)c2)CCO1. The van der Waals surface area contributed by atoms with Crippen LogP contribution in [0.2, 0.25) is 0 Å². The summed E-state index contributed by atoms with van der Waals surface area (Å²) in [5.74, 6) is -0.280. The maximum Gasteiger partial charge on any atom is 0.130 e. The van der Waals surface area contributed by atoms with Crippen molar-refractivity contribution in [1.29, 1.82) is 5.26 Å². The molecule has 0 radical (unpaired) electrons. The third-order valence-corrected chi connectivity index (χ3v) is 3.71. The zero-order valence-electron chi connectivity index (χ0n) is 12.1. The van der Waals surface area contributed by atoms with Gasteiger partial charge in [-0.05, 0) is 37.1 Å². The molecule has 1 aliphatic heterocycles. The van der Waals surface area contributed by atoms with E-state index in [0.29, 0.717) is 25.1 Å². The minimum atomic E-state index is -0.654. The molecule has 0 aromatic heterocycles. The standard InChI is InChI=1S/C16H21FN2O/c1-3-4-15-10-16(11-18,5-6-20-15)19-14-8-12(2)7-13(17)9-14/h7-9,15,19H,3-6,10H2,1-2H3. The van der Waals surface area contributed by atoms with Crippen molar-refractivity contribution >= 4 is 5.69 Å². The number of hydrogen-bond acceptors (Lipinski definition) is 3. The highest BCUT2D eigenvalue weighted by Crippen LogP contribution is 2.30. The molecule has 3 nitrogen and oxygen atoms in total. The average Bonchev–Trinajstić information content (AvgIpc) is 2.38. The van der Waals surface area contributed by atoms with Crippen LogP contribution in [-0.2, 0) is 4.74 Å². The van der Waals surface area contributed by atoms with Gasteiger partial charge in [-0.15, -0.1) is 0 Å². The molecule has 0 spiro atoms. The van der Waals surface area contributed by atoms with E-state index in [1.807, 2.05) is 13.0 Å². The maximum atomic E-state index is 13.5. The van der Waals surface area contributed by atoms with Gasteiger partial charge in [0.15, 0.2) is 0 Å². The summed E-state index contributed by atoms with van der Waals surface area (Å²) >= 11 is 0. The topological polar surface area (TPSA) is 45.0 Å². The van der Waals surface area contributed by atoms with Crippen LogP contribution in [0.5, 0.6) is 0 Å². The van der Waals surface area contributed by atoms with Gasteiger partial charge in [-0.3, -0.25) is 0 Å². The van der Waals surface area contributed by atoms with E-state index in [4.69, 9.17) is 4.74 Å². The maximum absolute atomic E-state index is 13.5. The Labute approximate surface area is 119 Å². The predicted octanol–water partition coefficient (Wildman–Crippen LogP) is 3.79. The molecule has 2 rings (SSSR count). The summed E-state index contributed by atoms with van der Waals surface area (Å²) in [6.07, 6.45) is 3.36. The molecule has 1 aliphatic rings. The Balaban J connectivity index is 2.17. The third-order valence-electron chi connectivity index (χ3n) is 3.71. The zero-order valence-corrected chi connectivity index (χ0v) is 12.1. The number of ether oxygens (including phenoxy) is 1. The second-order valence-electron chi connectivity index (χ2n) is 5.57. The van der Waals surface area contributed by atoms with Crippen molar-refractivity contribution in [3.8, 4) is 6.07 Å². The summed E-state index contributed by atoms with van der Waals surface area (Å²) in [4.78, 5) is 0. The Bertz CT molecular complexity index is 489. The lowest BCUT2D eigenvalue weighted by molar-refractivity contribution is -0.00614. The van der Waals surface area contributed by atoms with E-state index >= 15 is 0 Å². The number of aryl methyl sites for hydroxylation is 1. The van der Waals surface area contributed by atoms with Crippen molar-refractivity contribution in [1.82, 2.24) is 0 Å². The molecular weight excluding hydrogens is 255 g/mol. The van der Waals surface area contributed by atoms with E-state index in [1.54, 1.807) is 0 Å². The Morgan fingerprint density at radius 2 is 2.30 bits per heavy atom. The minimum Gasteiger partial charge on any atom is -0.378 e. The molecule has 1 N–H and O–H groups in total. The first-order valence-electron chi connectivity index (χ1n) is 7.15. The van der Waals surface area contributed by atoms with E-state index in [2.05, 4.69) is 18.3 Å². The lowest BCUT2D eigenvalue weighted by Gasteiger charge is -2.37. The first-order valence-corrected chi connectivity index (χ1v) is 7.15. The lowest BCUT2D eigenvalue weighted by Crippen LogP contribution is -2.45. The summed E-state index contributed by atoms with van der Waals surface area (Å²) in [5.41, 5.74) is 0.858. The normalized spacial score (nSPS) is 26.0. The van der Waals surface area contributed by atoms with Crippen molar-refractivity contribution in [2.24, 2.45) is 0 Å². The van der Waals surface area contributed by atoms with Crippen LogP contribution >= 0.6 is 0 Å². The number of nitrogens with zero attached hydrogens (tertiary/aromatic N) is 1. The first kappa shape index (κ1) is 14.8. The minimum absolute atomic E-state index is 0.107. The molecule has 4 heteroatoms. The molecule has 0 amide bonds. The first-order chi connectivity index (χ1) is 9.57. The van der Waals surface area contributed by atoms with E-state index in [1.165, 1.54) is 12.1 Å². The van der Waals surface area contributed by atoms with Gasteiger partial charge in [-0.2, -0.15) is 5.26 Å². The number of benzene rings is 1. The Morgan fingerprint density at radius 3 is 2.95 bits per heavy atom. The van der Waals surface area contributed by atoms with Crippen LogP contribution in [0.3, 0.4) is 0 Å². The summed E-state index contributed by atoms with van der Waals surface area (Å²) in [7, 11) is 0. The van der Waals surface area contributed by atoms with Crippen LogP contribution < -0.4 is 5.32 Å². The van der Waals surface area contributed by atoms with Crippen LogP contribution in [-0.4, -0.2) is 18.2 Å². The number of anilines is 1. The van der Waals surface area contributed by atoms with Crippen LogP contribution in [0.4, 0.5) is 10.1 Å². The molecule has 1 fully saturated rings. The van der Waals surface area contributed by atoms with Gasteiger partial charge in [-0.1, -0.05) is 13.3 Å². The summed E-state index contributed by atoms with van der Waals surface area (Å²) in [6.45, 7) is 4.52. The van der Waals surface area contributed by atoms with E-state index in [0.717, 1.165) is 18.4 Å². The lowest BCUT2D eigenvalue weighted by atomic mass is 9.86. The third kappa shape index (κ3) is 3.49. The van der Waals surface area contributed by atoms with Gasteiger partial charge in [0.2, 0.25) is 0 Å². The second-order valence-corrected chi connectivity index (χ2v) is 5.57. The molecule has 1 heterocycles. The van der Waals surface area contributed by atoms with Gasteiger partial charge >= 0.3 is 0 Å². The molecule has 1 aromatic carbocycles. The summed E-state index contributed by atoms with van der Waals surface area (Å²) in [5, 5.41) is 12.8. The zero-order chi connectivity index (χ0) is 14.6. The molecular formula is C16H21FN2O. The molecule has 20 heavy (non-hydrogen) atoms. The van der Waals surface area contributed by atoms with Gasteiger partial charge < -0.3 is 10.1 Å². The van der Waals surface area contributed by atoms with Crippen molar-refractivity contribution < 1.29 is 9.13 Å². The molecule has 0 saturated carbocycles. The number of rotatable bonds is 4. The van der Waals surface area contributed by atoms with Gasteiger partial charge in [0.05, 0.1) is 18.8 Å². The highest BCUT2D eigenvalue weighted by molar-refractivity contribution is 5.50. The highest BCUT2D eigenvalue weighted by Gasteiger charge is 2.37. The smallest absolute Gasteiger partial charge is 0.130 e. The fourth-order valence-corrected chi connectivity index (χ4v) is 2.78. The molecule has 2 unspecified atom stereocenters. The van der Waals surface area contributed by atoms with E-state index < -0.39 is 5.54 Å². The van der Waals surface area contributed by atoms with Crippen LogP contribution in [0.1, 0.15) is 38.2 Å². The molecule has 2 atom stereocenters. The van der Waals surface area contributed by atoms with Gasteiger partial charge in [0.25, 0.3) is 0 Å². The highest BCUT2D eigenvalue weighted by atomic mass is 19.1. The van der Waals surface area contributed by atoms with Gasteiger partial charge in [-0.25, -0.2) is 4.39 Å². The summed E-state index contributed by atoms with van der Waals surface area (Å²) < 4.78 is 19.2. The molecule has 0 aliphatic carbocycles. The average molecular weight is 276 g/mol. The quantitative estimate of drug-likeness (QED) is 0.910. The molecule has 0 bridgehead atoms. The Kier molecular flexibility index (Phi) is 4.61. The Hall–Kier alpha value is -1.60. The summed E-state index contributed by atoms with van der Waals surface area (Å²) in [6, 6.07) is 7.17. The predicted molar refractivity (Wildman–Crippen MR) is 77.0 cm³/mol. The number of halogens is 1. The van der Waals surface area contributed by atoms with Gasteiger partial charge in [0.1, 0.15) is 11.4 Å². The van der Waals surface area contributed by atoms with Crippen molar-refractivity contribution in [3.63, 3.8) is 0 Å². The van der Waals surface area contributed by atoms with Crippen LogP contribution in [0, 0.1) is 24.1 Å². The number of hydrogen-bond donors (Lipinski definition) is 1. The fraction of sp³-hybridized carbons (Fsp3) is 0.562. The van der Waals surface area contributed by atoms with Gasteiger partial charge in [0, 0.05) is 18.5 Å². The molecule has 1 aromatic rings. The largest absolute Gasteiger partial charge is 0.378 e. The van der Waals surface area contributed by atoms with Crippen molar-refractivity contribution in [2.75, 3.05) is 11.9 Å². The van der Waals surface area contributed by atoms with Crippen LogP contribution in [0.15, 0.2) is 18.2 Å². The monoisotopic (exact) mass is 276 g/mol. The molecule has 108 valence electrons.